The Hall–Kier alpha value is -0.0400. The van der Waals surface area contributed by atoms with E-state index in [0.29, 0.717) is 0 Å². The molecule has 0 aromatic carbocycles. The lowest BCUT2D eigenvalue weighted by Gasteiger charge is -2.18. The second kappa shape index (κ2) is 4.00. The number of unbranched alkanes of at least 4 members (excludes halogenated alkanes) is 3. The topological polar surface area (TPSA) is 3.24 Å². The van der Waals surface area contributed by atoms with Gasteiger partial charge in [0.05, 0.1) is 0 Å². The molecule has 1 saturated carbocycles. The Kier molecular flexibility index (Phi) is 2.92. The van der Waals surface area contributed by atoms with Crippen LogP contribution in [0.15, 0.2) is 0 Å². The molecule has 2 aliphatic rings. The molecule has 0 N–H and O–H groups in total. The van der Waals surface area contributed by atoms with E-state index in [-0.39, 0.29) is 0 Å². The highest BCUT2D eigenvalue weighted by Crippen LogP contribution is 2.51. The highest BCUT2D eigenvalue weighted by molar-refractivity contribution is 5.02. The Labute approximate surface area is 82.5 Å². The summed E-state index contributed by atoms with van der Waals surface area (Å²) < 4.78 is 0. The summed E-state index contributed by atoms with van der Waals surface area (Å²) >= 11 is 0. The van der Waals surface area contributed by atoms with Crippen molar-refractivity contribution >= 4 is 0 Å². The smallest absolute Gasteiger partial charge is 0.00157 e. The van der Waals surface area contributed by atoms with E-state index in [1.165, 1.54) is 45.3 Å². The molecular formula is C12H23N. The normalized spacial score (nSPS) is 37.8. The van der Waals surface area contributed by atoms with Crippen LogP contribution in [0.2, 0.25) is 0 Å². The molecular weight excluding hydrogens is 158 g/mol. The fourth-order valence-electron chi connectivity index (χ4n) is 2.86. The number of nitrogens with zero attached hydrogens (tertiary/aromatic N) is 1. The Morgan fingerprint density at radius 1 is 1.08 bits per heavy atom. The third-order valence-corrected chi connectivity index (χ3v) is 4.03. The summed E-state index contributed by atoms with van der Waals surface area (Å²) in [6.45, 7) is 8.91. The number of hydrogen-bond donors (Lipinski definition) is 0. The van der Waals surface area contributed by atoms with Crippen molar-refractivity contribution in [2.24, 2.45) is 17.8 Å². The summed E-state index contributed by atoms with van der Waals surface area (Å²) in [6.07, 6.45) is 5.67. The standard InChI is InChI=1S/C12H23N/c1-3-4-5-6-7-13-8-11-10(2)12(11)9-13/h10-12H,3-9H2,1-2H3. The summed E-state index contributed by atoms with van der Waals surface area (Å²) in [5.41, 5.74) is 0. The first-order valence-electron chi connectivity index (χ1n) is 6.05. The predicted molar refractivity (Wildman–Crippen MR) is 56.7 cm³/mol. The molecule has 1 nitrogen and oxygen atoms in total. The fraction of sp³-hybridized carbons (Fsp3) is 1.00. The molecule has 2 rings (SSSR count). The van der Waals surface area contributed by atoms with Crippen LogP contribution in [0.25, 0.3) is 0 Å². The zero-order chi connectivity index (χ0) is 9.26. The minimum absolute atomic E-state index is 1.06. The number of fused-ring (bicyclic) bond motifs is 1. The van der Waals surface area contributed by atoms with E-state index < -0.39 is 0 Å². The highest BCUT2D eigenvalue weighted by Gasteiger charge is 2.52. The molecule has 2 atom stereocenters. The zero-order valence-corrected chi connectivity index (χ0v) is 9.13. The predicted octanol–water partition coefficient (Wildman–Crippen LogP) is 2.76. The number of piperidine rings is 1. The van der Waals surface area contributed by atoms with Gasteiger partial charge in [-0.3, -0.25) is 0 Å². The SMILES string of the molecule is CCCCCCN1CC2C(C)C2C1. The first kappa shape index (κ1) is 9.51. The highest BCUT2D eigenvalue weighted by atomic mass is 15.2. The Morgan fingerprint density at radius 3 is 2.38 bits per heavy atom. The third kappa shape index (κ3) is 2.07. The quantitative estimate of drug-likeness (QED) is 0.589. The van der Waals surface area contributed by atoms with E-state index in [9.17, 15) is 0 Å². The van der Waals surface area contributed by atoms with Crippen LogP contribution >= 0.6 is 0 Å². The average Bonchev–Trinajstić information content (AvgIpc) is 2.62. The van der Waals surface area contributed by atoms with Gasteiger partial charge in [0.1, 0.15) is 0 Å². The molecule has 2 unspecified atom stereocenters. The van der Waals surface area contributed by atoms with Crippen LogP contribution in [0, 0.1) is 17.8 Å². The van der Waals surface area contributed by atoms with Crippen molar-refractivity contribution in [3.8, 4) is 0 Å². The van der Waals surface area contributed by atoms with Gasteiger partial charge in [-0.05, 0) is 30.7 Å². The number of hydrogen-bond acceptors (Lipinski definition) is 1. The molecule has 0 spiro atoms. The molecule has 0 amide bonds. The first-order valence-corrected chi connectivity index (χ1v) is 6.05. The summed E-state index contributed by atoms with van der Waals surface area (Å²) in [5.74, 6) is 3.24. The van der Waals surface area contributed by atoms with E-state index in [1.807, 2.05) is 0 Å². The molecule has 0 radical (unpaired) electrons. The maximum Gasteiger partial charge on any atom is 0.00157 e. The van der Waals surface area contributed by atoms with E-state index in [4.69, 9.17) is 0 Å². The Balaban J connectivity index is 1.53. The van der Waals surface area contributed by atoms with Gasteiger partial charge in [0, 0.05) is 13.1 Å². The molecule has 1 saturated heterocycles. The molecule has 2 fully saturated rings. The van der Waals surface area contributed by atoms with Gasteiger partial charge < -0.3 is 4.90 Å². The molecule has 0 aromatic rings. The molecule has 0 bridgehead atoms. The van der Waals surface area contributed by atoms with E-state index in [2.05, 4.69) is 18.7 Å². The van der Waals surface area contributed by atoms with Crippen LogP contribution in [-0.4, -0.2) is 24.5 Å². The van der Waals surface area contributed by atoms with Gasteiger partial charge in [0.15, 0.2) is 0 Å². The minimum Gasteiger partial charge on any atom is -0.303 e. The lowest BCUT2D eigenvalue weighted by Crippen LogP contribution is -2.25. The first-order chi connectivity index (χ1) is 6.33. The maximum absolute atomic E-state index is 2.69. The molecule has 1 heterocycles. The van der Waals surface area contributed by atoms with Crippen LogP contribution in [0.4, 0.5) is 0 Å². The van der Waals surface area contributed by atoms with E-state index >= 15 is 0 Å². The fourth-order valence-corrected chi connectivity index (χ4v) is 2.86. The molecule has 76 valence electrons. The summed E-state index contributed by atoms with van der Waals surface area (Å²) in [5, 5.41) is 0. The second-order valence-electron chi connectivity index (χ2n) is 5.01. The summed E-state index contributed by atoms with van der Waals surface area (Å²) in [7, 11) is 0. The van der Waals surface area contributed by atoms with E-state index in [1.54, 1.807) is 0 Å². The number of likely N-dealkylation sites (tertiary alicyclic amines) is 1. The van der Waals surface area contributed by atoms with Gasteiger partial charge in [-0.1, -0.05) is 33.1 Å². The maximum atomic E-state index is 2.69. The van der Waals surface area contributed by atoms with Crippen molar-refractivity contribution in [2.75, 3.05) is 19.6 Å². The second-order valence-corrected chi connectivity index (χ2v) is 5.01. The van der Waals surface area contributed by atoms with Gasteiger partial charge in [0.2, 0.25) is 0 Å². The van der Waals surface area contributed by atoms with Gasteiger partial charge in [-0.15, -0.1) is 0 Å². The van der Waals surface area contributed by atoms with Crippen LogP contribution in [-0.2, 0) is 0 Å². The Morgan fingerprint density at radius 2 is 1.77 bits per heavy atom. The zero-order valence-electron chi connectivity index (χ0n) is 9.13. The lowest BCUT2D eigenvalue weighted by molar-refractivity contribution is 0.282. The van der Waals surface area contributed by atoms with Gasteiger partial charge in [-0.25, -0.2) is 0 Å². The van der Waals surface area contributed by atoms with Crippen LogP contribution in [0.5, 0.6) is 0 Å². The molecule has 1 heteroatoms. The lowest BCUT2D eigenvalue weighted by atomic mass is 10.2. The number of rotatable bonds is 5. The molecule has 0 aromatic heterocycles. The van der Waals surface area contributed by atoms with E-state index in [0.717, 1.165) is 17.8 Å². The van der Waals surface area contributed by atoms with Gasteiger partial charge in [-0.2, -0.15) is 0 Å². The van der Waals surface area contributed by atoms with Crippen molar-refractivity contribution in [3.63, 3.8) is 0 Å². The van der Waals surface area contributed by atoms with Crippen LogP contribution < -0.4 is 0 Å². The van der Waals surface area contributed by atoms with Crippen molar-refractivity contribution in [1.29, 1.82) is 0 Å². The van der Waals surface area contributed by atoms with Crippen molar-refractivity contribution in [2.45, 2.75) is 39.5 Å². The van der Waals surface area contributed by atoms with Gasteiger partial charge in [0.25, 0.3) is 0 Å². The minimum atomic E-state index is 1.06. The van der Waals surface area contributed by atoms with Crippen LogP contribution in [0.1, 0.15) is 39.5 Å². The molecule has 1 aliphatic heterocycles. The molecule has 1 aliphatic carbocycles. The monoisotopic (exact) mass is 181 g/mol. The summed E-state index contributed by atoms with van der Waals surface area (Å²) in [4.78, 5) is 2.69. The summed E-state index contributed by atoms with van der Waals surface area (Å²) in [6, 6.07) is 0. The van der Waals surface area contributed by atoms with Crippen LogP contribution in [0.3, 0.4) is 0 Å². The third-order valence-electron chi connectivity index (χ3n) is 4.03. The van der Waals surface area contributed by atoms with Gasteiger partial charge >= 0.3 is 0 Å². The van der Waals surface area contributed by atoms with Crippen molar-refractivity contribution in [3.05, 3.63) is 0 Å². The molecule has 13 heavy (non-hydrogen) atoms. The van der Waals surface area contributed by atoms with Crippen molar-refractivity contribution < 1.29 is 0 Å². The van der Waals surface area contributed by atoms with Crippen molar-refractivity contribution in [1.82, 2.24) is 4.90 Å². The Bertz CT molecular complexity index is 155. The largest absolute Gasteiger partial charge is 0.303 e. The average molecular weight is 181 g/mol.